The van der Waals surface area contributed by atoms with Crippen molar-refractivity contribution in [3.8, 4) is 0 Å². The zero-order chi connectivity index (χ0) is 14.4. The van der Waals surface area contributed by atoms with Crippen LogP contribution in [0.5, 0.6) is 0 Å². The first kappa shape index (κ1) is 15.7. The highest BCUT2D eigenvalue weighted by Crippen LogP contribution is 2.19. The minimum atomic E-state index is -0.737. The van der Waals surface area contributed by atoms with Crippen LogP contribution in [-0.4, -0.2) is 29.6 Å². The maximum Gasteiger partial charge on any atom is 0.307 e. The molecule has 0 heterocycles. The van der Waals surface area contributed by atoms with Gasteiger partial charge in [-0.15, -0.1) is 0 Å². The summed E-state index contributed by atoms with van der Waals surface area (Å²) in [6.07, 6.45) is 1.15. The third-order valence-electron chi connectivity index (χ3n) is 3.62. The quantitative estimate of drug-likeness (QED) is 0.820. The van der Waals surface area contributed by atoms with E-state index >= 15 is 0 Å². The van der Waals surface area contributed by atoms with Crippen LogP contribution in [0.25, 0.3) is 0 Å². The van der Waals surface area contributed by atoms with E-state index < -0.39 is 5.97 Å². The predicted octanol–water partition coefficient (Wildman–Crippen LogP) is 3.35. The highest BCUT2D eigenvalue weighted by molar-refractivity contribution is 5.69. The molecule has 0 aliphatic carbocycles. The summed E-state index contributed by atoms with van der Waals surface area (Å²) in [6.45, 7) is 7.53. The molecular formula is C16H25NO2. The van der Waals surface area contributed by atoms with Crippen LogP contribution in [0.4, 0.5) is 0 Å². The Kier molecular flexibility index (Phi) is 6.03. The Hall–Kier alpha value is -1.35. The number of aliphatic carboxylic acids is 1. The first-order chi connectivity index (χ1) is 8.93. The molecule has 2 atom stereocenters. The first-order valence-corrected chi connectivity index (χ1v) is 6.94. The Balaban J connectivity index is 2.55. The van der Waals surface area contributed by atoms with Crippen LogP contribution in [0.15, 0.2) is 24.3 Å². The Morgan fingerprint density at radius 1 is 1.26 bits per heavy atom. The normalized spacial score (nSPS) is 14.4. The van der Waals surface area contributed by atoms with Crippen molar-refractivity contribution in [2.24, 2.45) is 5.92 Å². The van der Waals surface area contributed by atoms with Crippen molar-refractivity contribution < 1.29 is 9.90 Å². The second kappa shape index (κ2) is 7.29. The SMILES string of the molecule is CCC(C)c1ccc(CN(C)CC(C)C(=O)O)cc1. The van der Waals surface area contributed by atoms with Crippen molar-refractivity contribution in [3.05, 3.63) is 35.4 Å². The number of hydrogen-bond acceptors (Lipinski definition) is 2. The molecule has 19 heavy (non-hydrogen) atoms. The molecule has 0 radical (unpaired) electrons. The summed E-state index contributed by atoms with van der Waals surface area (Å²) < 4.78 is 0. The Morgan fingerprint density at radius 3 is 2.32 bits per heavy atom. The van der Waals surface area contributed by atoms with E-state index in [0.29, 0.717) is 12.5 Å². The number of carboxylic acid groups (broad SMARTS) is 1. The van der Waals surface area contributed by atoms with E-state index in [1.807, 2.05) is 7.05 Å². The fourth-order valence-electron chi connectivity index (χ4n) is 2.11. The average Bonchev–Trinajstić information content (AvgIpc) is 2.38. The molecule has 1 aromatic rings. The van der Waals surface area contributed by atoms with Gasteiger partial charge in [-0.2, -0.15) is 0 Å². The van der Waals surface area contributed by atoms with Gasteiger partial charge >= 0.3 is 5.97 Å². The van der Waals surface area contributed by atoms with Gasteiger partial charge in [-0.05, 0) is 30.5 Å². The topological polar surface area (TPSA) is 40.5 Å². The van der Waals surface area contributed by atoms with E-state index in [-0.39, 0.29) is 5.92 Å². The van der Waals surface area contributed by atoms with Gasteiger partial charge in [-0.3, -0.25) is 4.79 Å². The standard InChI is InChI=1S/C16H25NO2/c1-5-12(2)15-8-6-14(7-9-15)11-17(4)10-13(3)16(18)19/h6-9,12-13H,5,10-11H2,1-4H3,(H,18,19). The van der Waals surface area contributed by atoms with Gasteiger partial charge in [0.1, 0.15) is 0 Å². The van der Waals surface area contributed by atoms with E-state index in [1.54, 1.807) is 6.92 Å². The molecule has 0 aromatic heterocycles. The number of nitrogens with zero attached hydrogens (tertiary/aromatic N) is 1. The van der Waals surface area contributed by atoms with Crippen molar-refractivity contribution in [1.29, 1.82) is 0 Å². The molecule has 3 nitrogen and oxygen atoms in total. The van der Waals surface area contributed by atoms with Crippen LogP contribution in [0.2, 0.25) is 0 Å². The monoisotopic (exact) mass is 263 g/mol. The zero-order valence-corrected chi connectivity index (χ0v) is 12.4. The van der Waals surface area contributed by atoms with Gasteiger partial charge < -0.3 is 10.0 Å². The van der Waals surface area contributed by atoms with Gasteiger partial charge in [0.25, 0.3) is 0 Å². The second-order valence-electron chi connectivity index (χ2n) is 5.49. The van der Waals surface area contributed by atoms with Crippen LogP contribution in [0.1, 0.15) is 44.2 Å². The largest absolute Gasteiger partial charge is 0.481 e. The molecule has 0 spiro atoms. The lowest BCUT2D eigenvalue weighted by Gasteiger charge is -2.19. The fourth-order valence-corrected chi connectivity index (χ4v) is 2.11. The van der Waals surface area contributed by atoms with Crippen LogP contribution < -0.4 is 0 Å². The van der Waals surface area contributed by atoms with Crippen LogP contribution in [0.3, 0.4) is 0 Å². The number of carbonyl (C=O) groups is 1. The molecule has 0 amide bonds. The van der Waals surface area contributed by atoms with E-state index in [4.69, 9.17) is 5.11 Å². The van der Waals surface area contributed by atoms with Gasteiger partial charge in [0.15, 0.2) is 0 Å². The summed E-state index contributed by atoms with van der Waals surface area (Å²) in [5, 5.41) is 8.89. The first-order valence-electron chi connectivity index (χ1n) is 6.94. The highest BCUT2D eigenvalue weighted by atomic mass is 16.4. The number of carboxylic acids is 1. The minimum Gasteiger partial charge on any atom is -0.481 e. The molecule has 1 rings (SSSR count). The summed E-state index contributed by atoms with van der Waals surface area (Å²) in [7, 11) is 1.96. The van der Waals surface area contributed by atoms with Gasteiger partial charge in [0.05, 0.1) is 5.92 Å². The van der Waals surface area contributed by atoms with Gasteiger partial charge in [-0.1, -0.05) is 45.0 Å². The van der Waals surface area contributed by atoms with E-state index in [9.17, 15) is 4.79 Å². The highest BCUT2D eigenvalue weighted by Gasteiger charge is 2.13. The third-order valence-corrected chi connectivity index (χ3v) is 3.62. The molecule has 0 aliphatic rings. The summed E-state index contributed by atoms with van der Waals surface area (Å²) in [5.41, 5.74) is 2.60. The molecule has 1 aromatic carbocycles. The molecule has 1 N–H and O–H groups in total. The molecule has 0 saturated carbocycles. The van der Waals surface area contributed by atoms with Crippen molar-refractivity contribution in [3.63, 3.8) is 0 Å². The molecule has 2 unspecified atom stereocenters. The van der Waals surface area contributed by atoms with Crippen molar-refractivity contribution in [2.75, 3.05) is 13.6 Å². The maximum atomic E-state index is 10.8. The van der Waals surface area contributed by atoms with Gasteiger partial charge in [0, 0.05) is 13.1 Å². The molecular weight excluding hydrogens is 238 g/mol. The molecule has 3 heteroatoms. The minimum absolute atomic E-state index is 0.329. The summed E-state index contributed by atoms with van der Waals surface area (Å²) in [5.74, 6) is -0.470. The smallest absolute Gasteiger partial charge is 0.307 e. The van der Waals surface area contributed by atoms with Crippen LogP contribution in [-0.2, 0) is 11.3 Å². The number of benzene rings is 1. The molecule has 0 saturated heterocycles. The van der Waals surface area contributed by atoms with Crippen molar-refractivity contribution in [1.82, 2.24) is 4.90 Å². The number of hydrogen-bond donors (Lipinski definition) is 1. The van der Waals surface area contributed by atoms with Crippen LogP contribution in [0, 0.1) is 5.92 Å². The lowest BCUT2D eigenvalue weighted by atomic mass is 9.97. The second-order valence-corrected chi connectivity index (χ2v) is 5.49. The Morgan fingerprint density at radius 2 is 1.84 bits per heavy atom. The number of rotatable bonds is 7. The Labute approximate surface area is 116 Å². The maximum absolute atomic E-state index is 10.8. The Bertz CT molecular complexity index is 400. The van der Waals surface area contributed by atoms with Gasteiger partial charge in [0.2, 0.25) is 0 Å². The van der Waals surface area contributed by atoms with Gasteiger partial charge in [-0.25, -0.2) is 0 Å². The lowest BCUT2D eigenvalue weighted by Crippen LogP contribution is -2.28. The zero-order valence-electron chi connectivity index (χ0n) is 12.4. The fraction of sp³-hybridized carbons (Fsp3) is 0.562. The molecule has 0 fully saturated rings. The van der Waals surface area contributed by atoms with E-state index in [1.165, 1.54) is 11.1 Å². The third kappa shape index (κ3) is 5.03. The van der Waals surface area contributed by atoms with E-state index in [0.717, 1.165) is 13.0 Å². The average molecular weight is 263 g/mol. The van der Waals surface area contributed by atoms with Crippen molar-refractivity contribution >= 4 is 5.97 Å². The summed E-state index contributed by atoms with van der Waals surface area (Å²) >= 11 is 0. The molecule has 106 valence electrons. The summed E-state index contributed by atoms with van der Waals surface area (Å²) in [4.78, 5) is 12.9. The molecule has 0 aliphatic heterocycles. The molecule has 0 bridgehead atoms. The van der Waals surface area contributed by atoms with Crippen molar-refractivity contribution in [2.45, 2.75) is 39.7 Å². The predicted molar refractivity (Wildman–Crippen MR) is 78.3 cm³/mol. The summed E-state index contributed by atoms with van der Waals surface area (Å²) in [6, 6.07) is 8.64. The van der Waals surface area contributed by atoms with E-state index in [2.05, 4.69) is 43.0 Å². The lowest BCUT2D eigenvalue weighted by molar-refractivity contribution is -0.141. The van der Waals surface area contributed by atoms with Crippen LogP contribution >= 0.6 is 0 Å².